The van der Waals surface area contributed by atoms with Crippen molar-refractivity contribution in [3.05, 3.63) is 0 Å². The smallest absolute Gasteiger partial charge is 0.111 e. The minimum atomic E-state index is 0.581. The molecule has 0 bridgehead atoms. The van der Waals surface area contributed by atoms with Crippen molar-refractivity contribution in [2.45, 2.75) is 38.6 Å². The standard InChI is InChI=1S/C7H15N3/c1-2-3-7(10-8)9-6-4-5-6/h6H,2-5,8H2,1H3,(H,9,10). The highest BCUT2D eigenvalue weighted by atomic mass is 15.3. The van der Waals surface area contributed by atoms with Crippen LogP contribution in [-0.2, 0) is 0 Å². The molecular weight excluding hydrogens is 126 g/mol. The Labute approximate surface area is 61.7 Å². The number of nitrogens with zero attached hydrogens (tertiary/aromatic N) is 1. The van der Waals surface area contributed by atoms with Gasteiger partial charge >= 0.3 is 0 Å². The molecule has 3 heteroatoms. The monoisotopic (exact) mass is 141 g/mol. The van der Waals surface area contributed by atoms with E-state index in [2.05, 4.69) is 17.3 Å². The molecule has 0 heterocycles. The second kappa shape index (κ2) is 3.56. The van der Waals surface area contributed by atoms with Gasteiger partial charge in [0.1, 0.15) is 5.84 Å². The molecule has 0 unspecified atom stereocenters. The fraction of sp³-hybridized carbons (Fsp3) is 0.857. The number of hydrogen-bond acceptors (Lipinski definition) is 2. The summed E-state index contributed by atoms with van der Waals surface area (Å²) >= 11 is 0. The molecule has 0 aromatic rings. The van der Waals surface area contributed by atoms with Crippen molar-refractivity contribution in [3.8, 4) is 0 Å². The SMILES string of the molecule is CCCC(=NC1CC1)NN. The van der Waals surface area contributed by atoms with Gasteiger partial charge in [0.25, 0.3) is 0 Å². The van der Waals surface area contributed by atoms with E-state index >= 15 is 0 Å². The van der Waals surface area contributed by atoms with Gasteiger partial charge in [-0.3, -0.25) is 4.99 Å². The lowest BCUT2D eigenvalue weighted by molar-refractivity contribution is 0.880. The number of hydrogen-bond donors (Lipinski definition) is 2. The first kappa shape index (κ1) is 7.54. The van der Waals surface area contributed by atoms with E-state index in [9.17, 15) is 0 Å². The Bertz CT molecular complexity index is 127. The predicted molar refractivity (Wildman–Crippen MR) is 42.7 cm³/mol. The van der Waals surface area contributed by atoms with E-state index in [1.54, 1.807) is 0 Å². The van der Waals surface area contributed by atoms with Gasteiger partial charge in [0, 0.05) is 6.42 Å². The van der Waals surface area contributed by atoms with Crippen molar-refractivity contribution in [2.24, 2.45) is 10.8 Å². The van der Waals surface area contributed by atoms with Crippen LogP contribution in [0.2, 0.25) is 0 Å². The Balaban J connectivity index is 2.29. The summed E-state index contributed by atoms with van der Waals surface area (Å²) in [5.41, 5.74) is 2.62. The molecule has 0 atom stereocenters. The van der Waals surface area contributed by atoms with Crippen molar-refractivity contribution < 1.29 is 0 Å². The summed E-state index contributed by atoms with van der Waals surface area (Å²) in [5, 5.41) is 0. The van der Waals surface area contributed by atoms with Gasteiger partial charge in [0.2, 0.25) is 0 Å². The Kier molecular flexibility index (Phi) is 2.68. The maximum atomic E-state index is 5.25. The van der Waals surface area contributed by atoms with Gasteiger partial charge in [0.15, 0.2) is 0 Å². The number of nitrogens with two attached hydrogens (primary N) is 1. The van der Waals surface area contributed by atoms with Gasteiger partial charge in [0.05, 0.1) is 6.04 Å². The first-order valence-corrected chi connectivity index (χ1v) is 3.90. The van der Waals surface area contributed by atoms with Crippen LogP contribution in [0.5, 0.6) is 0 Å². The average Bonchev–Trinajstić information content (AvgIpc) is 2.71. The highest BCUT2D eigenvalue weighted by molar-refractivity contribution is 5.81. The van der Waals surface area contributed by atoms with Crippen LogP contribution >= 0.6 is 0 Å². The molecular formula is C7H15N3. The normalized spacial score (nSPS) is 19.2. The number of nitrogens with one attached hydrogen (secondary N) is 1. The Morgan fingerprint density at radius 2 is 2.40 bits per heavy atom. The number of hydrazine groups is 1. The van der Waals surface area contributed by atoms with Gasteiger partial charge < -0.3 is 5.43 Å². The van der Waals surface area contributed by atoms with E-state index in [0.29, 0.717) is 6.04 Å². The molecule has 0 aromatic carbocycles. The zero-order chi connectivity index (χ0) is 7.40. The molecule has 0 saturated heterocycles. The summed E-state index contributed by atoms with van der Waals surface area (Å²) < 4.78 is 0. The zero-order valence-corrected chi connectivity index (χ0v) is 6.43. The lowest BCUT2D eigenvalue weighted by Crippen LogP contribution is -2.30. The lowest BCUT2D eigenvalue weighted by Gasteiger charge is -2.01. The lowest BCUT2D eigenvalue weighted by atomic mass is 10.3. The molecule has 58 valence electrons. The molecule has 1 rings (SSSR count). The second-order valence-electron chi connectivity index (χ2n) is 2.70. The molecule has 1 aliphatic carbocycles. The molecule has 0 radical (unpaired) electrons. The van der Waals surface area contributed by atoms with Gasteiger partial charge in [-0.05, 0) is 19.3 Å². The topological polar surface area (TPSA) is 50.4 Å². The highest BCUT2D eigenvalue weighted by Gasteiger charge is 2.20. The number of rotatable bonds is 3. The van der Waals surface area contributed by atoms with E-state index in [0.717, 1.165) is 18.7 Å². The zero-order valence-electron chi connectivity index (χ0n) is 6.43. The van der Waals surface area contributed by atoms with Crippen molar-refractivity contribution in [2.75, 3.05) is 0 Å². The molecule has 0 spiro atoms. The molecule has 1 aliphatic rings. The van der Waals surface area contributed by atoms with Crippen LogP contribution < -0.4 is 11.3 Å². The van der Waals surface area contributed by atoms with E-state index in [-0.39, 0.29) is 0 Å². The third-order valence-corrected chi connectivity index (χ3v) is 1.54. The van der Waals surface area contributed by atoms with E-state index in [4.69, 9.17) is 5.84 Å². The Morgan fingerprint density at radius 1 is 1.70 bits per heavy atom. The fourth-order valence-electron chi connectivity index (χ4n) is 0.835. The minimum absolute atomic E-state index is 0.581. The van der Waals surface area contributed by atoms with E-state index in [1.807, 2.05) is 0 Å². The molecule has 10 heavy (non-hydrogen) atoms. The number of amidine groups is 1. The maximum absolute atomic E-state index is 5.25. The van der Waals surface area contributed by atoms with Crippen LogP contribution in [-0.4, -0.2) is 11.9 Å². The summed E-state index contributed by atoms with van der Waals surface area (Å²) in [6.45, 7) is 2.12. The minimum Gasteiger partial charge on any atom is -0.312 e. The van der Waals surface area contributed by atoms with Crippen molar-refractivity contribution >= 4 is 5.84 Å². The maximum Gasteiger partial charge on any atom is 0.111 e. The van der Waals surface area contributed by atoms with Crippen LogP contribution in [0.15, 0.2) is 4.99 Å². The third-order valence-electron chi connectivity index (χ3n) is 1.54. The first-order valence-electron chi connectivity index (χ1n) is 3.90. The van der Waals surface area contributed by atoms with Crippen molar-refractivity contribution in [1.82, 2.24) is 5.43 Å². The largest absolute Gasteiger partial charge is 0.312 e. The average molecular weight is 141 g/mol. The molecule has 3 nitrogen and oxygen atoms in total. The third kappa shape index (κ3) is 2.35. The summed E-state index contributed by atoms with van der Waals surface area (Å²) in [6, 6.07) is 0.581. The number of aliphatic imine (C=N–C) groups is 1. The van der Waals surface area contributed by atoms with Gasteiger partial charge in [-0.1, -0.05) is 6.92 Å². The molecule has 0 aromatic heterocycles. The molecule has 1 saturated carbocycles. The first-order chi connectivity index (χ1) is 4.86. The molecule has 1 fully saturated rings. The molecule has 0 amide bonds. The Hall–Kier alpha value is -0.570. The molecule has 0 aliphatic heterocycles. The van der Waals surface area contributed by atoms with Gasteiger partial charge in [-0.25, -0.2) is 5.84 Å². The van der Waals surface area contributed by atoms with Crippen LogP contribution in [0.1, 0.15) is 32.6 Å². The summed E-state index contributed by atoms with van der Waals surface area (Å²) in [4.78, 5) is 4.38. The summed E-state index contributed by atoms with van der Waals surface area (Å²) in [6.07, 6.45) is 4.58. The van der Waals surface area contributed by atoms with E-state index in [1.165, 1.54) is 12.8 Å². The second-order valence-corrected chi connectivity index (χ2v) is 2.70. The summed E-state index contributed by atoms with van der Waals surface area (Å²) in [5.74, 6) is 6.22. The van der Waals surface area contributed by atoms with Crippen LogP contribution in [0.3, 0.4) is 0 Å². The van der Waals surface area contributed by atoms with Crippen LogP contribution in [0.25, 0.3) is 0 Å². The van der Waals surface area contributed by atoms with Crippen molar-refractivity contribution in [3.63, 3.8) is 0 Å². The van der Waals surface area contributed by atoms with Crippen LogP contribution in [0, 0.1) is 0 Å². The van der Waals surface area contributed by atoms with Crippen LogP contribution in [0.4, 0.5) is 0 Å². The highest BCUT2D eigenvalue weighted by Crippen LogP contribution is 2.23. The van der Waals surface area contributed by atoms with E-state index < -0.39 is 0 Å². The van der Waals surface area contributed by atoms with Gasteiger partial charge in [-0.15, -0.1) is 0 Å². The van der Waals surface area contributed by atoms with Crippen molar-refractivity contribution in [1.29, 1.82) is 0 Å². The fourth-order valence-corrected chi connectivity index (χ4v) is 0.835. The summed E-state index contributed by atoms with van der Waals surface area (Å²) in [7, 11) is 0. The predicted octanol–water partition coefficient (Wildman–Crippen LogP) is 0.811. The Morgan fingerprint density at radius 3 is 2.80 bits per heavy atom. The van der Waals surface area contributed by atoms with Gasteiger partial charge in [-0.2, -0.15) is 0 Å². The quantitative estimate of drug-likeness (QED) is 0.264. The molecule has 3 N–H and O–H groups in total.